The predicted octanol–water partition coefficient (Wildman–Crippen LogP) is 5.92. The Morgan fingerprint density at radius 3 is 2.45 bits per heavy atom. The Labute approximate surface area is 193 Å². The molecule has 0 saturated carbocycles. The molecule has 168 valence electrons. The molecule has 0 spiro atoms. The lowest BCUT2D eigenvalue weighted by atomic mass is 9.90. The Bertz CT molecular complexity index is 932. The van der Waals surface area contributed by atoms with Gasteiger partial charge in [-0.05, 0) is 57.0 Å². The van der Waals surface area contributed by atoms with Gasteiger partial charge in [0, 0.05) is 29.6 Å². The molecule has 2 aromatic carbocycles. The second-order valence-electron chi connectivity index (χ2n) is 7.68. The first-order valence-electron chi connectivity index (χ1n) is 10.0. The van der Waals surface area contributed by atoms with Crippen LogP contribution < -0.4 is 15.4 Å². The van der Waals surface area contributed by atoms with E-state index in [4.69, 9.17) is 32.7 Å². The zero-order chi connectivity index (χ0) is 23.0. The third kappa shape index (κ3) is 7.64. The van der Waals surface area contributed by atoms with Crippen LogP contribution in [-0.4, -0.2) is 25.1 Å². The second kappa shape index (κ2) is 11.3. The maximum atomic E-state index is 12.0. The van der Waals surface area contributed by atoms with Gasteiger partial charge in [-0.3, -0.25) is 9.59 Å². The van der Waals surface area contributed by atoms with Gasteiger partial charge in [0.05, 0.1) is 30.0 Å². The minimum atomic E-state index is -0.640. The van der Waals surface area contributed by atoms with E-state index in [2.05, 4.69) is 10.6 Å². The Hall–Kier alpha value is -2.44. The van der Waals surface area contributed by atoms with Crippen LogP contribution in [0.15, 0.2) is 36.4 Å². The van der Waals surface area contributed by atoms with E-state index in [1.165, 1.54) is 6.92 Å². The minimum Gasteiger partial charge on any atom is -0.493 e. The highest BCUT2D eigenvalue weighted by molar-refractivity contribution is 6.35. The molecule has 2 rings (SSSR count). The highest BCUT2D eigenvalue weighted by atomic mass is 35.5. The first-order chi connectivity index (χ1) is 14.6. The summed E-state index contributed by atoms with van der Waals surface area (Å²) in [6, 6.07) is 10.6. The fourth-order valence-electron chi connectivity index (χ4n) is 2.77. The van der Waals surface area contributed by atoms with Crippen molar-refractivity contribution < 1.29 is 19.1 Å². The fraction of sp³-hybridized carbons (Fsp3) is 0.391. The topological polar surface area (TPSA) is 76.7 Å². The molecule has 0 bridgehead atoms. The summed E-state index contributed by atoms with van der Waals surface area (Å²) in [5.41, 5.74) is 1.53. The lowest BCUT2D eigenvalue weighted by molar-refractivity contribution is -0.154. The molecule has 0 atom stereocenters. The summed E-state index contributed by atoms with van der Waals surface area (Å²) in [7, 11) is 0. The van der Waals surface area contributed by atoms with E-state index in [1.807, 2.05) is 19.9 Å². The van der Waals surface area contributed by atoms with Crippen LogP contribution in [0.25, 0.3) is 0 Å². The number of hydrogen-bond acceptors (Lipinski definition) is 5. The lowest BCUT2D eigenvalue weighted by Gasteiger charge is -2.22. The van der Waals surface area contributed by atoms with Crippen LogP contribution in [0.3, 0.4) is 0 Å². The quantitative estimate of drug-likeness (QED) is 0.424. The molecule has 0 saturated heterocycles. The third-order valence-electron chi connectivity index (χ3n) is 4.61. The van der Waals surface area contributed by atoms with Crippen LogP contribution in [0.5, 0.6) is 5.75 Å². The van der Waals surface area contributed by atoms with Crippen molar-refractivity contribution in [3.8, 4) is 5.75 Å². The number of halogens is 2. The molecular formula is C23H28Cl2N2O4. The molecule has 0 fully saturated rings. The molecule has 8 heteroatoms. The number of ether oxygens (including phenoxy) is 2. The van der Waals surface area contributed by atoms with Gasteiger partial charge in [-0.15, -0.1) is 0 Å². The first-order valence-corrected chi connectivity index (χ1v) is 10.8. The minimum absolute atomic E-state index is 0.183. The van der Waals surface area contributed by atoms with Crippen LogP contribution in [0.2, 0.25) is 10.0 Å². The second-order valence-corrected chi connectivity index (χ2v) is 8.52. The number of hydrogen-bond donors (Lipinski definition) is 2. The van der Waals surface area contributed by atoms with Crippen LogP contribution in [0.1, 0.15) is 39.7 Å². The number of carbonyl (C=O) groups excluding carboxylic acids is 2. The van der Waals surface area contributed by atoms with Gasteiger partial charge in [0.2, 0.25) is 5.91 Å². The highest BCUT2D eigenvalue weighted by Crippen LogP contribution is 2.30. The summed E-state index contributed by atoms with van der Waals surface area (Å²) < 4.78 is 11.0. The van der Waals surface area contributed by atoms with Gasteiger partial charge in [0.15, 0.2) is 0 Å². The molecule has 31 heavy (non-hydrogen) atoms. The van der Waals surface area contributed by atoms with Crippen LogP contribution >= 0.6 is 23.2 Å². The summed E-state index contributed by atoms with van der Waals surface area (Å²) in [6.07, 6.45) is 0.502. The molecule has 2 aromatic rings. The van der Waals surface area contributed by atoms with Crippen molar-refractivity contribution in [1.82, 2.24) is 0 Å². The van der Waals surface area contributed by atoms with Gasteiger partial charge >= 0.3 is 5.97 Å². The van der Waals surface area contributed by atoms with Crippen molar-refractivity contribution in [1.29, 1.82) is 0 Å². The normalized spacial score (nSPS) is 11.0. The average molecular weight is 467 g/mol. The van der Waals surface area contributed by atoms with Gasteiger partial charge in [-0.2, -0.15) is 0 Å². The maximum absolute atomic E-state index is 12.0. The molecule has 2 N–H and O–H groups in total. The van der Waals surface area contributed by atoms with E-state index in [1.54, 1.807) is 37.3 Å². The van der Waals surface area contributed by atoms with Gasteiger partial charge in [0.1, 0.15) is 5.75 Å². The molecular weight excluding hydrogens is 439 g/mol. The summed E-state index contributed by atoms with van der Waals surface area (Å²) >= 11 is 12.2. The summed E-state index contributed by atoms with van der Waals surface area (Å²) in [6.45, 7) is 8.01. The number of nitrogens with one attached hydrogen (secondary N) is 2. The predicted molar refractivity (Wildman–Crippen MR) is 125 cm³/mol. The number of esters is 1. The van der Waals surface area contributed by atoms with Crippen molar-refractivity contribution in [2.45, 2.75) is 40.7 Å². The van der Waals surface area contributed by atoms with E-state index < -0.39 is 5.41 Å². The molecule has 0 aliphatic rings. The van der Waals surface area contributed by atoms with Crippen LogP contribution in [0.4, 0.5) is 11.4 Å². The fourth-order valence-corrected chi connectivity index (χ4v) is 3.24. The molecule has 0 radical (unpaired) electrons. The van der Waals surface area contributed by atoms with E-state index in [0.29, 0.717) is 53.3 Å². The Morgan fingerprint density at radius 1 is 1.06 bits per heavy atom. The van der Waals surface area contributed by atoms with Gasteiger partial charge in [0.25, 0.3) is 0 Å². The van der Waals surface area contributed by atoms with Crippen molar-refractivity contribution in [2.75, 3.05) is 23.8 Å². The van der Waals surface area contributed by atoms with E-state index in [0.717, 1.165) is 5.56 Å². The number of benzene rings is 2. The Morgan fingerprint density at radius 2 is 1.81 bits per heavy atom. The molecule has 1 amide bonds. The SMILES string of the molecule is CCOC(=O)C(C)(C)CCOc1ccc(NC(C)=O)c(NCc2ccc(Cl)cc2Cl)c1. The number of amides is 1. The summed E-state index contributed by atoms with van der Waals surface area (Å²) in [5, 5.41) is 7.19. The zero-order valence-corrected chi connectivity index (χ0v) is 19.7. The van der Waals surface area contributed by atoms with E-state index in [-0.39, 0.29) is 11.9 Å². The van der Waals surface area contributed by atoms with Crippen molar-refractivity contribution >= 4 is 46.5 Å². The molecule has 0 unspecified atom stereocenters. The van der Waals surface area contributed by atoms with Crippen molar-refractivity contribution in [3.05, 3.63) is 52.0 Å². The summed E-state index contributed by atoms with van der Waals surface area (Å²) in [4.78, 5) is 23.6. The van der Waals surface area contributed by atoms with Crippen molar-refractivity contribution in [3.63, 3.8) is 0 Å². The van der Waals surface area contributed by atoms with Crippen LogP contribution in [0, 0.1) is 5.41 Å². The number of rotatable bonds is 10. The van der Waals surface area contributed by atoms with Gasteiger partial charge in [-0.1, -0.05) is 29.3 Å². The average Bonchev–Trinajstić information content (AvgIpc) is 2.68. The molecule has 0 aliphatic heterocycles. The third-order valence-corrected chi connectivity index (χ3v) is 5.20. The van der Waals surface area contributed by atoms with Gasteiger partial charge < -0.3 is 20.1 Å². The first kappa shape index (κ1) is 24.8. The molecule has 6 nitrogen and oxygen atoms in total. The molecule has 0 aromatic heterocycles. The van der Waals surface area contributed by atoms with E-state index in [9.17, 15) is 9.59 Å². The van der Waals surface area contributed by atoms with E-state index >= 15 is 0 Å². The standard InChI is InChI=1S/C23H28Cl2N2O4/c1-5-30-22(29)23(3,4)10-11-31-18-8-9-20(27-15(2)28)21(13-18)26-14-16-6-7-17(24)12-19(16)25/h6-9,12-13,26H,5,10-11,14H2,1-4H3,(H,27,28). The van der Waals surface area contributed by atoms with Crippen LogP contribution in [-0.2, 0) is 20.9 Å². The Balaban J connectivity index is 2.10. The maximum Gasteiger partial charge on any atom is 0.311 e. The highest BCUT2D eigenvalue weighted by Gasteiger charge is 2.29. The number of carbonyl (C=O) groups is 2. The molecule has 0 heterocycles. The van der Waals surface area contributed by atoms with Crippen molar-refractivity contribution in [2.24, 2.45) is 5.41 Å². The smallest absolute Gasteiger partial charge is 0.311 e. The summed E-state index contributed by atoms with van der Waals surface area (Å²) in [5.74, 6) is 0.178. The molecule has 0 aliphatic carbocycles. The lowest BCUT2D eigenvalue weighted by Crippen LogP contribution is -2.28. The largest absolute Gasteiger partial charge is 0.493 e. The van der Waals surface area contributed by atoms with Gasteiger partial charge in [-0.25, -0.2) is 0 Å². The zero-order valence-electron chi connectivity index (χ0n) is 18.2. The number of anilines is 2. The Kier molecular flexibility index (Phi) is 9.01. The monoisotopic (exact) mass is 466 g/mol.